The number of benzene rings is 2. The summed E-state index contributed by atoms with van der Waals surface area (Å²) in [5.41, 5.74) is 0.220. The highest BCUT2D eigenvalue weighted by atomic mass is 32.2. The van der Waals surface area contributed by atoms with Crippen molar-refractivity contribution in [2.75, 3.05) is 17.1 Å². The number of halogens is 3. The Morgan fingerprint density at radius 1 is 1.07 bits per heavy atom. The van der Waals surface area contributed by atoms with Crippen LogP contribution in [0.2, 0.25) is 0 Å². The van der Waals surface area contributed by atoms with Crippen LogP contribution in [0.25, 0.3) is 0 Å². The third kappa shape index (κ3) is 7.08. The molecule has 0 aliphatic rings. The van der Waals surface area contributed by atoms with Gasteiger partial charge in [-0.1, -0.05) is 30.3 Å². The van der Waals surface area contributed by atoms with Gasteiger partial charge in [0.05, 0.1) is 17.5 Å². The monoisotopic (exact) mass is 428 g/mol. The highest BCUT2D eigenvalue weighted by Crippen LogP contribution is 2.30. The first kappa shape index (κ1) is 22.7. The Hall–Kier alpha value is -2.55. The van der Waals surface area contributed by atoms with Crippen molar-refractivity contribution in [1.82, 2.24) is 5.32 Å². The molecule has 0 fully saturated rings. The second kappa shape index (κ2) is 9.30. The molecule has 0 bridgehead atoms. The van der Waals surface area contributed by atoms with Crippen molar-refractivity contribution in [3.8, 4) is 0 Å². The SMILES string of the molecule is C[C@H](CCc1ccccc1)NC(=O)CN(c1ccc(C(F)(F)F)cc1)S(C)(=O)=O. The van der Waals surface area contributed by atoms with E-state index in [1.807, 2.05) is 37.3 Å². The molecule has 0 aromatic heterocycles. The van der Waals surface area contributed by atoms with Gasteiger partial charge in [-0.05, 0) is 49.6 Å². The molecule has 1 atom stereocenters. The number of rotatable bonds is 8. The topological polar surface area (TPSA) is 66.5 Å². The molecule has 29 heavy (non-hydrogen) atoms. The molecule has 2 aromatic carbocycles. The van der Waals surface area contributed by atoms with E-state index in [9.17, 15) is 26.4 Å². The maximum absolute atomic E-state index is 12.7. The van der Waals surface area contributed by atoms with Gasteiger partial charge in [0.25, 0.3) is 0 Å². The van der Waals surface area contributed by atoms with Gasteiger partial charge in [0.2, 0.25) is 15.9 Å². The van der Waals surface area contributed by atoms with E-state index < -0.39 is 34.2 Å². The first-order valence-electron chi connectivity index (χ1n) is 8.95. The summed E-state index contributed by atoms with van der Waals surface area (Å²) < 4.78 is 63.0. The lowest BCUT2D eigenvalue weighted by molar-refractivity contribution is -0.137. The molecule has 0 spiro atoms. The fourth-order valence-electron chi connectivity index (χ4n) is 2.77. The lowest BCUT2D eigenvalue weighted by Crippen LogP contribution is -2.43. The maximum atomic E-state index is 12.7. The van der Waals surface area contributed by atoms with Crippen molar-refractivity contribution >= 4 is 21.6 Å². The Kier molecular flexibility index (Phi) is 7.29. The van der Waals surface area contributed by atoms with Gasteiger partial charge in [-0.15, -0.1) is 0 Å². The second-order valence-electron chi connectivity index (χ2n) is 6.81. The predicted octanol–water partition coefficient (Wildman–Crippen LogP) is 3.61. The van der Waals surface area contributed by atoms with E-state index in [4.69, 9.17) is 0 Å². The van der Waals surface area contributed by atoms with Gasteiger partial charge >= 0.3 is 6.18 Å². The van der Waals surface area contributed by atoms with Crippen molar-refractivity contribution < 1.29 is 26.4 Å². The Balaban J connectivity index is 2.01. The predicted molar refractivity (Wildman–Crippen MR) is 106 cm³/mol. The van der Waals surface area contributed by atoms with Crippen LogP contribution in [0, 0.1) is 0 Å². The molecule has 0 saturated heterocycles. The summed E-state index contributed by atoms with van der Waals surface area (Å²) in [4.78, 5) is 12.3. The number of carbonyl (C=O) groups excluding carboxylic acids is 1. The summed E-state index contributed by atoms with van der Waals surface area (Å²) in [6.07, 6.45) is -2.22. The number of carbonyl (C=O) groups is 1. The first-order chi connectivity index (χ1) is 13.5. The number of alkyl halides is 3. The standard InChI is InChI=1S/C20H23F3N2O3S/c1-15(8-9-16-6-4-3-5-7-16)24-19(26)14-25(29(2,27)28)18-12-10-17(11-13-18)20(21,22)23/h3-7,10-13,15H,8-9,14H2,1-2H3,(H,24,26)/t15-/m1/s1. The number of hydrogen-bond donors (Lipinski definition) is 1. The van der Waals surface area contributed by atoms with E-state index in [1.54, 1.807) is 0 Å². The van der Waals surface area contributed by atoms with E-state index in [0.717, 1.165) is 46.8 Å². The molecule has 2 rings (SSSR count). The van der Waals surface area contributed by atoms with Gasteiger partial charge in [-0.2, -0.15) is 13.2 Å². The zero-order chi connectivity index (χ0) is 21.7. The lowest BCUT2D eigenvalue weighted by Gasteiger charge is -2.23. The van der Waals surface area contributed by atoms with E-state index in [0.29, 0.717) is 6.42 Å². The summed E-state index contributed by atoms with van der Waals surface area (Å²) >= 11 is 0. The smallest absolute Gasteiger partial charge is 0.352 e. The molecule has 9 heteroatoms. The Labute approximate surface area is 168 Å². The quantitative estimate of drug-likeness (QED) is 0.699. The zero-order valence-electron chi connectivity index (χ0n) is 16.1. The summed E-state index contributed by atoms with van der Waals surface area (Å²) in [6.45, 7) is 1.30. The molecule has 0 heterocycles. The van der Waals surface area contributed by atoms with Gasteiger partial charge in [-0.25, -0.2) is 8.42 Å². The Bertz CT molecular complexity index is 914. The summed E-state index contributed by atoms with van der Waals surface area (Å²) in [6, 6.07) is 13.2. The summed E-state index contributed by atoms with van der Waals surface area (Å²) in [7, 11) is -3.86. The minimum absolute atomic E-state index is 0.00686. The number of hydrogen-bond acceptors (Lipinski definition) is 3. The highest BCUT2D eigenvalue weighted by Gasteiger charge is 2.31. The number of nitrogens with one attached hydrogen (secondary N) is 1. The molecule has 0 saturated carbocycles. The fraction of sp³-hybridized carbons (Fsp3) is 0.350. The van der Waals surface area contributed by atoms with Crippen molar-refractivity contribution in [3.05, 3.63) is 65.7 Å². The maximum Gasteiger partial charge on any atom is 0.416 e. The third-order valence-electron chi connectivity index (χ3n) is 4.29. The van der Waals surface area contributed by atoms with Gasteiger partial charge in [0.15, 0.2) is 0 Å². The number of amides is 1. The number of sulfonamides is 1. The largest absolute Gasteiger partial charge is 0.416 e. The average Bonchev–Trinajstić information content (AvgIpc) is 2.64. The van der Waals surface area contributed by atoms with E-state index >= 15 is 0 Å². The molecule has 2 aromatic rings. The van der Waals surface area contributed by atoms with E-state index in [2.05, 4.69) is 5.32 Å². The minimum atomic E-state index is -4.53. The van der Waals surface area contributed by atoms with Crippen LogP contribution < -0.4 is 9.62 Å². The third-order valence-corrected chi connectivity index (χ3v) is 5.43. The van der Waals surface area contributed by atoms with Crippen molar-refractivity contribution in [2.45, 2.75) is 32.0 Å². The van der Waals surface area contributed by atoms with Gasteiger partial charge in [-0.3, -0.25) is 9.10 Å². The fourth-order valence-corrected chi connectivity index (χ4v) is 3.62. The van der Waals surface area contributed by atoms with Gasteiger partial charge in [0.1, 0.15) is 6.54 Å². The number of nitrogens with zero attached hydrogens (tertiary/aromatic N) is 1. The van der Waals surface area contributed by atoms with Crippen LogP contribution in [-0.4, -0.2) is 33.2 Å². The summed E-state index contributed by atoms with van der Waals surface area (Å²) in [5, 5.41) is 2.73. The van der Waals surface area contributed by atoms with E-state index in [1.165, 1.54) is 0 Å². The average molecular weight is 428 g/mol. The summed E-state index contributed by atoms with van der Waals surface area (Å²) in [5.74, 6) is -0.532. The number of anilines is 1. The molecular weight excluding hydrogens is 405 g/mol. The molecule has 5 nitrogen and oxygen atoms in total. The molecular formula is C20H23F3N2O3S. The van der Waals surface area contributed by atoms with Crippen LogP contribution >= 0.6 is 0 Å². The molecule has 1 N–H and O–H groups in total. The highest BCUT2D eigenvalue weighted by molar-refractivity contribution is 7.92. The second-order valence-corrected chi connectivity index (χ2v) is 8.71. The molecule has 158 valence electrons. The van der Waals surface area contributed by atoms with Crippen molar-refractivity contribution in [1.29, 1.82) is 0 Å². The molecule has 0 unspecified atom stereocenters. The molecule has 0 aliphatic carbocycles. The minimum Gasteiger partial charge on any atom is -0.352 e. The molecule has 1 amide bonds. The van der Waals surface area contributed by atoms with Crippen LogP contribution in [0.3, 0.4) is 0 Å². The van der Waals surface area contributed by atoms with Crippen LogP contribution in [0.5, 0.6) is 0 Å². The van der Waals surface area contributed by atoms with Crippen LogP contribution in [0.15, 0.2) is 54.6 Å². The Morgan fingerprint density at radius 2 is 1.66 bits per heavy atom. The van der Waals surface area contributed by atoms with Gasteiger partial charge < -0.3 is 5.32 Å². The molecule has 0 radical (unpaired) electrons. The van der Waals surface area contributed by atoms with Crippen LogP contribution in [0.1, 0.15) is 24.5 Å². The Morgan fingerprint density at radius 3 is 2.17 bits per heavy atom. The normalized spacial score (nSPS) is 13.0. The number of aryl methyl sites for hydroxylation is 1. The lowest BCUT2D eigenvalue weighted by atomic mass is 10.1. The van der Waals surface area contributed by atoms with Crippen LogP contribution in [-0.2, 0) is 27.4 Å². The van der Waals surface area contributed by atoms with Crippen LogP contribution in [0.4, 0.5) is 18.9 Å². The molecule has 0 aliphatic heterocycles. The van der Waals surface area contributed by atoms with Crippen molar-refractivity contribution in [3.63, 3.8) is 0 Å². The first-order valence-corrected chi connectivity index (χ1v) is 10.8. The van der Waals surface area contributed by atoms with E-state index in [-0.39, 0.29) is 11.7 Å². The zero-order valence-corrected chi connectivity index (χ0v) is 16.9. The van der Waals surface area contributed by atoms with Crippen molar-refractivity contribution in [2.24, 2.45) is 0 Å². The van der Waals surface area contributed by atoms with Gasteiger partial charge in [0, 0.05) is 6.04 Å².